The molecule has 7 heteroatoms. The van der Waals surface area contributed by atoms with Crippen molar-refractivity contribution in [2.45, 2.75) is 24.9 Å². The fraction of sp³-hybridized carbons (Fsp3) is 0.391. The van der Waals surface area contributed by atoms with Gasteiger partial charge in [0.05, 0.1) is 18.7 Å². The minimum atomic E-state index is -0.938. The minimum absolute atomic E-state index is 0.0244. The monoisotopic (exact) mass is 423 g/mol. The van der Waals surface area contributed by atoms with Crippen molar-refractivity contribution in [3.8, 4) is 5.75 Å². The molecular formula is C23H25N3O3S. The predicted octanol–water partition coefficient (Wildman–Crippen LogP) is 3.29. The summed E-state index contributed by atoms with van der Waals surface area (Å²) in [4.78, 5) is 31.7. The van der Waals surface area contributed by atoms with Crippen LogP contribution >= 0.6 is 11.8 Å². The molecule has 5 rings (SSSR count). The number of hydrogen-bond acceptors (Lipinski definition) is 5. The summed E-state index contributed by atoms with van der Waals surface area (Å²) in [5.41, 5.74) is 1.58. The molecule has 2 saturated heterocycles. The van der Waals surface area contributed by atoms with E-state index in [0.29, 0.717) is 24.4 Å². The van der Waals surface area contributed by atoms with Crippen LogP contribution in [0, 0.1) is 5.92 Å². The topological polar surface area (TPSA) is 61.9 Å². The SMILES string of the molecule is CCN1C(=O)C2(c3ccccc31)C(C(=O)Nc1ccccc1OC)CC1CSCN12. The summed E-state index contributed by atoms with van der Waals surface area (Å²) in [6, 6.07) is 15.6. The molecule has 0 aliphatic carbocycles. The van der Waals surface area contributed by atoms with Crippen molar-refractivity contribution in [2.24, 2.45) is 5.92 Å². The average molecular weight is 424 g/mol. The second-order valence-corrected chi connectivity index (χ2v) is 8.93. The van der Waals surface area contributed by atoms with Crippen LogP contribution in [0.3, 0.4) is 0 Å². The third-order valence-corrected chi connectivity index (χ3v) is 7.70. The molecule has 0 aromatic heterocycles. The van der Waals surface area contributed by atoms with E-state index in [9.17, 15) is 9.59 Å². The third kappa shape index (κ3) is 2.55. The van der Waals surface area contributed by atoms with Crippen LogP contribution in [0.2, 0.25) is 0 Å². The Kier molecular flexibility index (Phi) is 4.75. The van der Waals surface area contributed by atoms with Crippen molar-refractivity contribution >= 4 is 35.0 Å². The molecule has 0 saturated carbocycles. The molecule has 1 N–H and O–H groups in total. The summed E-state index contributed by atoms with van der Waals surface area (Å²) in [5.74, 6) is 1.76. The van der Waals surface area contributed by atoms with E-state index in [1.54, 1.807) is 7.11 Å². The van der Waals surface area contributed by atoms with Gasteiger partial charge in [0.2, 0.25) is 5.91 Å². The lowest BCUT2D eigenvalue weighted by atomic mass is 9.78. The summed E-state index contributed by atoms with van der Waals surface area (Å²) in [7, 11) is 1.59. The number of rotatable bonds is 4. The van der Waals surface area contributed by atoms with E-state index in [-0.39, 0.29) is 17.9 Å². The van der Waals surface area contributed by atoms with Gasteiger partial charge in [0.25, 0.3) is 5.91 Å². The molecule has 2 aromatic rings. The standard InChI is InChI=1S/C23H25N3O3S/c1-3-25-19-10-6-4-8-16(19)23(22(25)28)17(12-15-13-30-14-26(15)23)21(27)24-18-9-5-7-11-20(18)29-2/h4-11,15,17H,3,12-14H2,1-2H3,(H,24,27). The molecule has 2 aromatic carbocycles. The number of ether oxygens (including phenoxy) is 1. The van der Waals surface area contributed by atoms with Crippen LogP contribution in [0.4, 0.5) is 11.4 Å². The molecule has 2 amide bonds. The fourth-order valence-electron chi connectivity index (χ4n) is 5.36. The largest absolute Gasteiger partial charge is 0.495 e. The van der Waals surface area contributed by atoms with Gasteiger partial charge in [-0.25, -0.2) is 0 Å². The molecule has 6 nitrogen and oxygen atoms in total. The van der Waals surface area contributed by atoms with E-state index in [0.717, 1.165) is 22.9 Å². The molecule has 30 heavy (non-hydrogen) atoms. The predicted molar refractivity (Wildman–Crippen MR) is 119 cm³/mol. The molecule has 0 bridgehead atoms. The van der Waals surface area contributed by atoms with Crippen molar-refractivity contribution in [1.29, 1.82) is 0 Å². The number of nitrogens with zero attached hydrogens (tertiary/aromatic N) is 2. The lowest BCUT2D eigenvalue weighted by molar-refractivity contribution is -0.136. The Labute approximate surface area is 180 Å². The number of para-hydroxylation sites is 3. The van der Waals surface area contributed by atoms with Gasteiger partial charge in [0.15, 0.2) is 0 Å². The summed E-state index contributed by atoms with van der Waals surface area (Å²) >= 11 is 1.84. The minimum Gasteiger partial charge on any atom is -0.495 e. The van der Waals surface area contributed by atoms with E-state index in [1.807, 2.05) is 72.1 Å². The molecule has 3 aliphatic rings. The zero-order valence-electron chi connectivity index (χ0n) is 17.1. The Morgan fingerprint density at radius 2 is 2.00 bits per heavy atom. The fourth-order valence-corrected chi connectivity index (χ4v) is 6.67. The number of carbonyl (C=O) groups is 2. The Morgan fingerprint density at radius 1 is 1.23 bits per heavy atom. The molecule has 0 radical (unpaired) electrons. The highest BCUT2D eigenvalue weighted by molar-refractivity contribution is 7.99. The number of methoxy groups -OCH3 is 1. The zero-order chi connectivity index (χ0) is 20.9. The van der Waals surface area contributed by atoms with Crippen LogP contribution < -0.4 is 15.0 Å². The maximum Gasteiger partial charge on any atom is 0.253 e. The zero-order valence-corrected chi connectivity index (χ0v) is 17.9. The maximum absolute atomic E-state index is 13.9. The Hall–Kier alpha value is -2.51. The average Bonchev–Trinajstić information content (AvgIpc) is 3.42. The summed E-state index contributed by atoms with van der Waals surface area (Å²) < 4.78 is 5.41. The number of hydrogen-bond donors (Lipinski definition) is 1. The highest BCUT2D eigenvalue weighted by atomic mass is 32.2. The van der Waals surface area contributed by atoms with Gasteiger partial charge < -0.3 is 15.0 Å². The van der Waals surface area contributed by atoms with Crippen molar-refractivity contribution < 1.29 is 14.3 Å². The molecule has 156 valence electrons. The van der Waals surface area contributed by atoms with Crippen LogP contribution in [0.25, 0.3) is 0 Å². The number of likely N-dealkylation sites (N-methyl/N-ethyl adjacent to an activating group) is 1. The van der Waals surface area contributed by atoms with Gasteiger partial charge in [0.1, 0.15) is 11.3 Å². The highest BCUT2D eigenvalue weighted by Gasteiger charge is 2.67. The maximum atomic E-state index is 13.9. The van der Waals surface area contributed by atoms with E-state index in [1.165, 1.54) is 0 Å². The van der Waals surface area contributed by atoms with Crippen LogP contribution in [0.1, 0.15) is 18.9 Å². The Morgan fingerprint density at radius 3 is 2.80 bits per heavy atom. The molecular weight excluding hydrogens is 398 g/mol. The highest BCUT2D eigenvalue weighted by Crippen LogP contribution is 2.57. The third-order valence-electron chi connectivity index (χ3n) is 6.62. The van der Waals surface area contributed by atoms with Gasteiger partial charge in [-0.3, -0.25) is 14.5 Å². The van der Waals surface area contributed by atoms with E-state index in [4.69, 9.17) is 4.74 Å². The van der Waals surface area contributed by atoms with Gasteiger partial charge in [0, 0.05) is 35.5 Å². The second-order valence-electron chi connectivity index (χ2n) is 7.93. The first-order valence-corrected chi connectivity index (χ1v) is 11.5. The van der Waals surface area contributed by atoms with Crippen molar-refractivity contribution in [2.75, 3.05) is 35.5 Å². The van der Waals surface area contributed by atoms with Crippen LogP contribution in [0.5, 0.6) is 5.75 Å². The lowest BCUT2D eigenvalue weighted by Crippen LogP contribution is -2.55. The van der Waals surface area contributed by atoms with Gasteiger partial charge >= 0.3 is 0 Å². The molecule has 3 heterocycles. The summed E-state index contributed by atoms with van der Waals surface area (Å²) in [6.45, 7) is 2.58. The Bertz CT molecular complexity index is 1010. The number of fused-ring (bicyclic) bond motifs is 4. The number of amides is 2. The molecule has 2 fully saturated rings. The molecule has 1 spiro atoms. The van der Waals surface area contributed by atoms with Gasteiger partial charge in [-0.05, 0) is 31.5 Å². The number of benzene rings is 2. The van der Waals surface area contributed by atoms with E-state index < -0.39 is 11.5 Å². The summed E-state index contributed by atoms with van der Waals surface area (Å²) in [5, 5.41) is 3.06. The smallest absolute Gasteiger partial charge is 0.253 e. The van der Waals surface area contributed by atoms with E-state index >= 15 is 0 Å². The first kappa shape index (κ1) is 19.5. The molecule has 3 aliphatic heterocycles. The van der Waals surface area contributed by atoms with Gasteiger partial charge in [-0.2, -0.15) is 0 Å². The van der Waals surface area contributed by atoms with Crippen molar-refractivity contribution in [3.05, 3.63) is 54.1 Å². The number of carbonyl (C=O) groups excluding carboxylic acids is 2. The van der Waals surface area contributed by atoms with Crippen LogP contribution in [-0.2, 0) is 15.1 Å². The molecule has 3 unspecified atom stereocenters. The first-order valence-electron chi connectivity index (χ1n) is 10.3. The van der Waals surface area contributed by atoms with Crippen molar-refractivity contribution in [1.82, 2.24) is 4.90 Å². The quantitative estimate of drug-likeness (QED) is 0.818. The van der Waals surface area contributed by atoms with Gasteiger partial charge in [-0.1, -0.05) is 30.3 Å². The number of thioether (sulfide) groups is 1. The van der Waals surface area contributed by atoms with E-state index in [2.05, 4.69) is 10.2 Å². The summed E-state index contributed by atoms with van der Waals surface area (Å²) in [6.07, 6.45) is 0.672. The normalized spacial score (nSPS) is 27.4. The molecule has 3 atom stereocenters. The van der Waals surface area contributed by atoms with Crippen molar-refractivity contribution in [3.63, 3.8) is 0 Å². The van der Waals surface area contributed by atoms with Crippen LogP contribution in [0.15, 0.2) is 48.5 Å². The lowest BCUT2D eigenvalue weighted by Gasteiger charge is -2.36. The van der Waals surface area contributed by atoms with Gasteiger partial charge in [-0.15, -0.1) is 11.8 Å². The second kappa shape index (κ2) is 7.32. The first-order chi connectivity index (χ1) is 14.6. The number of anilines is 2. The van der Waals surface area contributed by atoms with Crippen LogP contribution in [-0.4, -0.2) is 48.0 Å². The Balaban J connectivity index is 1.60. The number of nitrogens with one attached hydrogen (secondary N) is 1.